The number of carbonyl (C=O) groups excluding carboxylic acids is 2. The second kappa shape index (κ2) is 22.9. The van der Waals surface area contributed by atoms with E-state index in [9.17, 15) is 19.5 Å². The fraction of sp³-hybridized carbons (Fsp3) is 0.623. The Morgan fingerprint density at radius 3 is 2.01 bits per heavy atom. The topological polar surface area (TPSA) is 121 Å². The number of esters is 1. The smallest absolute Gasteiger partial charge is 0.410 e. The van der Waals surface area contributed by atoms with E-state index >= 15 is 0 Å². The molecule has 3 aromatic carbocycles. The van der Waals surface area contributed by atoms with Gasteiger partial charge in [0.05, 0.1) is 33.7 Å². The van der Waals surface area contributed by atoms with Gasteiger partial charge in [0.1, 0.15) is 29.3 Å². The average Bonchev–Trinajstić information content (AvgIpc) is 3.74. The highest BCUT2D eigenvalue weighted by Gasteiger charge is 2.59. The van der Waals surface area contributed by atoms with E-state index in [4.69, 9.17) is 23.7 Å². The molecule has 1 saturated heterocycles. The van der Waals surface area contributed by atoms with Crippen LogP contribution in [0.3, 0.4) is 0 Å². The Morgan fingerprint density at radius 1 is 0.746 bits per heavy atom. The number of amides is 1. The van der Waals surface area contributed by atoms with Crippen LogP contribution in [0.15, 0.2) is 90.5 Å². The van der Waals surface area contributed by atoms with Crippen LogP contribution in [-0.2, 0) is 29.4 Å². The van der Waals surface area contributed by atoms with Crippen molar-refractivity contribution in [3.63, 3.8) is 0 Å². The van der Waals surface area contributed by atoms with Crippen LogP contribution >= 0.6 is 0 Å². The number of rotatable bonds is 20. The van der Waals surface area contributed by atoms with E-state index in [0.29, 0.717) is 43.7 Å². The summed E-state index contributed by atoms with van der Waals surface area (Å²) in [4.78, 5) is 40.5. The molecular weight excluding hydrogens is 891 g/mol. The maximum absolute atomic E-state index is 14.0. The van der Waals surface area contributed by atoms with Crippen LogP contribution in [0.4, 0.5) is 4.79 Å². The number of nitrogens with zero attached hydrogens (tertiary/aromatic N) is 1. The Balaban J connectivity index is 0.910. The summed E-state index contributed by atoms with van der Waals surface area (Å²) >= 11 is 0. The molecule has 0 bridgehead atoms. The van der Waals surface area contributed by atoms with Gasteiger partial charge in [0, 0.05) is 25.9 Å². The number of carboxylic acids is 1. The third-order valence-corrected chi connectivity index (χ3v) is 18.6. The van der Waals surface area contributed by atoms with Gasteiger partial charge in [-0.3, -0.25) is 9.59 Å². The number of ether oxygens (including phenoxy) is 5. The molecule has 386 valence electrons. The number of carboxylic acid groups (broad SMARTS) is 1. The number of allylic oxidation sites excluding steroid dienone is 1. The fourth-order valence-electron chi connectivity index (χ4n) is 14.7. The van der Waals surface area contributed by atoms with Crippen LogP contribution in [0.1, 0.15) is 154 Å². The van der Waals surface area contributed by atoms with Gasteiger partial charge in [-0.05, 0) is 151 Å². The first-order valence-electron chi connectivity index (χ1n) is 27.2. The molecule has 3 saturated carbocycles. The standard InChI is InChI=1S/C61H83NO9/c1-41(2)12-11-13-42(3)52-26-27-53-51-25-20-47-40-50(30-35-59(47,4)54(51)31-36-60(52,53)5)70-58(66)62-37-32-43(33-38-62)55(71-57(65)29-28-56(63)64)34-39-69-61(44-14-9-8-10-15-44,45-16-21-48(67-6)22-17-45)46-18-23-49(68-7)24-19-46/h8-10,14-24,41-43,50-55H,11-13,25-40H2,1-7H3,(H,63,64)/t42-,50+,51+,52-,53+,54+,55?,59+,60-/m1/s1. The zero-order chi connectivity index (χ0) is 50.3. The van der Waals surface area contributed by atoms with Crippen molar-refractivity contribution in [3.8, 4) is 11.5 Å². The van der Waals surface area contributed by atoms with Crippen molar-refractivity contribution in [2.75, 3.05) is 33.9 Å². The van der Waals surface area contributed by atoms with Crippen molar-refractivity contribution >= 4 is 18.0 Å². The Hall–Kier alpha value is -4.83. The predicted molar refractivity (Wildman–Crippen MR) is 277 cm³/mol. The fourth-order valence-corrected chi connectivity index (χ4v) is 14.7. The van der Waals surface area contributed by atoms with E-state index in [0.717, 1.165) is 77.0 Å². The van der Waals surface area contributed by atoms with Gasteiger partial charge in [0.2, 0.25) is 0 Å². The molecule has 4 aliphatic carbocycles. The molecule has 4 fully saturated rings. The second-order valence-electron chi connectivity index (χ2n) is 22.9. The Bertz CT molecular complexity index is 2220. The van der Waals surface area contributed by atoms with Gasteiger partial charge < -0.3 is 33.7 Å². The molecular formula is C61H83NO9. The molecule has 10 heteroatoms. The van der Waals surface area contributed by atoms with Crippen LogP contribution in [0.25, 0.3) is 0 Å². The van der Waals surface area contributed by atoms with Gasteiger partial charge in [-0.1, -0.05) is 120 Å². The third kappa shape index (κ3) is 11.4. The van der Waals surface area contributed by atoms with Crippen molar-refractivity contribution in [1.82, 2.24) is 4.90 Å². The van der Waals surface area contributed by atoms with Gasteiger partial charge in [-0.25, -0.2) is 4.79 Å². The van der Waals surface area contributed by atoms with Crippen molar-refractivity contribution in [2.24, 2.45) is 52.3 Å². The third-order valence-electron chi connectivity index (χ3n) is 18.6. The largest absolute Gasteiger partial charge is 0.497 e. The van der Waals surface area contributed by atoms with E-state index in [-0.39, 0.29) is 43.0 Å². The molecule has 0 radical (unpaired) electrons. The highest BCUT2D eigenvalue weighted by molar-refractivity contribution is 5.76. The van der Waals surface area contributed by atoms with Crippen molar-refractivity contribution in [3.05, 3.63) is 107 Å². The first kappa shape index (κ1) is 52.5. The molecule has 9 atom stereocenters. The van der Waals surface area contributed by atoms with E-state index in [1.165, 1.54) is 56.9 Å². The summed E-state index contributed by atoms with van der Waals surface area (Å²) in [6.07, 6.45) is 16.2. The number of carbonyl (C=O) groups is 3. The lowest BCUT2D eigenvalue weighted by atomic mass is 9.47. The molecule has 71 heavy (non-hydrogen) atoms. The molecule has 5 aliphatic rings. The zero-order valence-corrected chi connectivity index (χ0v) is 43.9. The minimum atomic E-state index is -1.06. The summed E-state index contributed by atoms with van der Waals surface area (Å²) in [5.41, 5.74) is 3.79. The average molecular weight is 974 g/mol. The quantitative estimate of drug-likeness (QED) is 0.0670. The number of piperidine rings is 1. The monoisotopic (exact) mass is 974 g/mol. The molecule has 1 N–H and O–H groups in total. The summed E-state index contributed by atoms with van der Waals surface area (Å²) in [5.74, 6) is 4.49. The summed E-state index contributed by atoms with van der Waals surface area (Å²) in [6, 6.07) is 25.8. The Labute approximate surface area is 424 Å². The molecule has 1 unspecified atom stereocenters. The molecule has 0 aromatic heterocycles. The summed E-state index contributed by atoms with van der Waals surface area (Å²) < 4.78 is 30.7. The summed E-state index contributed by atoms with van der Waals surface area (Å²) in [7, 11) is 3.28. The second-order valence-corrected chi connectivity index (χ2v) is 22.9. The van der Waals surface area contributed by atoms with Crippen LogP contribution in [0, 0.1) is 52.3 Å². The van der Waals surface area contributed by atoms with E-state index in [1.54, 1.807) is 14.2 Å². The van der Waals surface area contributed by atoms with Crippen molar-refractivity contribution in [2.45, 2.75) is 155 Å². The van der Waals surface area contributed by atoms with Crippen molar-refractivity contribution in [1.29, 1.82) is 0 Å². The highest BCUT2D eigenvalue weighted by Crippen LogP contribution is 2.67. The Kier molecular flexibility index (Phi) is 17.0. The maximum atomic E-state index is 14.0. The number of hydrogen-bond acceptors (Lipinski definition) is 8. The maximum Gasteiger partial charge on any atom is 0.410 e. The van der Waals surface area contributed by atoms with Crippen molar-refractivity contribution < 1.29 is 43.2 Å². The lowest BCUT2D eigenvalue weighted by Crippen LogP contribution is -2.51. The normalized spacial score (nSPS) is 27.4. The van der Waals surface area contributed by atoms with E-state index in [2.05, 4.69) is 40.7 Å². The number of methoxy groups -OCH3 is 2. The van der Waals surface area contributed by atoms with Gasteiger partial charge in [-0.15, -0.1) is 0 Å². The zero-order valence-electron chi connectivity index (χ0n) is 43.9. The van der Waals surface area contributed by atoms with Gasteiger partial charge in [-0.2, -0.15) is 0 Å². The number of hydrogen-bond donors (Lipinski definition) is 1. The van der Waals surface area contributed by atoms with Gasteiger partial charge >= 0.3 is 18.0 Å². The molecule has 3 aromatic rings. The number of fused-ring (bicyclic) bond motifs is 5. The van der Waals surface area contributed by atoms with Crippen LogP contribution < -0.4 is 9.47 Å². The first-order valence-corrected chi connectivity index (χ1v) is 27.2. The molecule has 1 heterocycles. The minimum absolute atomic E-state index is 0.0687. The predicted octanol–water partition coefficient (Wildman–Crippen LogP) is 13.4. The van der Waals surface area contributed by atoms with E-state index < -0.39 is 23.6 Å². The van der Waals surface area contributed by atoms with Crippen LogP contribution in [0.5, 0.6) is 11.5 Å². The molecule has 10 nitrogen and oxygen atoms in total. The summed E-state index contributed by atoms with van der Waals surface area (Å²) in [6.45, 7) is 13.6. The molecule has 1 amide bonds. The highest BCUT2D eigenvalue weighted by atomic mass is 16.6. The SMILES string of the molecule is COc1ccc(C(OCCC(OC(=O)CCC(=O)O)C2CCN(C(=O)O[C@H]3CC[C@@]4(C)C(=CC[C@H]5[C@@H]6CC[C@H]([C@H](C)CCCC(C)C)[C@@]6(C)CC[C@@H]54)C3)CC2)(c2ccccc2)c2ccc(OC)cc2)cc1. The molecule has 0 spiro atoms. The molecule has 8 rings (SSSR count). The summed E-state index contributed by atoms with van der Waals surface area (Å²) in [5, 5.41) is 9.38. The lowest BCUT2D eigenvalue weighted by molar-refractivity contribution is -0.157. The minimum Gasteiger partial charge on any atom is -0.497 e. The first-order chi connectivity index (χ1) is 34.2. The van der Waals surface area contributed by atoms with Crippen LogP contribution in [0.2, 0.25) is 0 Å². The molecule has 1 aliphatic heterocycles. The Morgan fingerprint density at radius 2 is 1.39 bits per heavy atom. The lowest BCUT2D eigenvalue weighted by Gasteiger charge is -2.58. The van der Waals surface area contributed by atoms with Gasteiger partial charge in [0.15, 0.2) is 0 Å². The van der Waals surface area contributed by atoms with Crippen LogP contribution in [-0.4, -0.2) is 74.2 Å². The van der Waals surface area contributed by atoms with Gasteiger partial charge in [0.25, 0.3) is 0 Å². The van der Waals surface area contributed by atoms with E-state index in [1.807, 2.05) is 83.8 Å². The number of likely N-dealkylation sites (tertiary alicyclic amines) is 1. The number of aliphatic carboxylic acids is 1. The number of benzene rings is 3.